The van der Waals surface area contributed by atoms with Crippen LogP contribution in [-0.4, -0.2) is 70.0 Å². The number of hydrogen-bond donors (Lipinski definition) is 6. The summed E-state index contributed by atoms with van der Waals surface area (Å²) in [7, 11) is -2.18. The highest BCUT2D eigenvalue weighted by molar-refractivity contribution is 7.86. The second-order valence-electron chi connectivity index (χ2n) is 8.88. The number of ether oxygens (including phenoxy) is 1. The number of nitrogens with one attached hydrogen (secondary N) is 2. The highest BCUT2D eigenvalue weighted by Gasteiger charge is 2.10. The minimum Gasteiger partial charge on any atom is -0.547 e. The zero-order valence-electron chi connectivity index (χ0n) is 22.7. The molecular weight excluding hydrogens is 542 g/mol. The van der Waals surface area contributed by atoms with E-state index >= 15 is 0 Å². The third-order valence-corrected chi connectivity index (χ3v) is 5.87. The summed E-state index contributed by atoms with van der Waals surface area (Å²) < 4.78 is 32.2. The molecule has 2 aromatic rings. The van der Waals surface area contributed by atoms with Crippen LogP contribution in [0.3, 0.4) is 0 Å². The Morgan fingerprint density at radius 1 is 1.10 bits per heavy atom. The zero-order valence-corrected chi connectivity index (χ0v) is 23.5. The van der Waals surface area contributed by atoms with E-state index in [0.29, 0.717) is 25.1 Å². The van der Waals surface area contributed by atoms with Crippen LogP contribution in [0.5, 0.6) is 5.75 Å². The predicted octanol–water partition coefficient (Wildman–Crippen LogP) is -2.09. The Morgan fingerprint density at radius 2 is 1.77 bits per heavy atom. The molecule has 14 heteroatoms. The fourth-order valence-electron chi connectivity index (χ4n) is 3.37. The minimum atomic E-state index is -3.53. The Balaban J connectivity index is 0.000000562. The standard InChI is InChI=1S/C20H25NO6S.C6H14N4O2/c1-26-19(20(22)23)14-16-8-10-17(11-9-16)21-12-4-6-15-5-3-7-18(13-15)27-28(2,24)25;7-4(5(11)12)2-1-3-10-6(8)9/h3,5,7-11,13,19,21H,4,6,12,14H2,1-2H3,(H,22,23);4H,1-3,7H2,(H,11,12)(H4,8,9,10)/t19-;/m0./s1. The molecule has 2 aromatic carbocycles. The molecule has 0 bridgehead atoms. The number of carboxylic acid groups (broad SMARTS) is 2. The van der Waals surface area contributed by atoms with Gasteiger partial charge in [-0.1, -0.05) is 24.3 Å². The van der Waals surface area contributed by atoms with Crippen LogP contribution >= 0.6 is 0 Å². The summed E-state index contributed by atoms with van der Waals surface area (Å²) in [5, 5.41) is 22.6. The van der Waals surface area contributed by atoms with E-state index in [1.54, 1.807) is 18.2 Å². The quantitative estimate of drug-likeness (QED) is 0.0542. The Bertz CT molecular complexity index is 1200. The van der Waals surface area contributed by atoms with Crippen LogP contribution in [-0.2, 0) is 37.3 Å². The molecule has 0 amide bonds. The topological polar surface area (TPSA) is 234 Å². The highest BCUT2D eigenvalue weighted by atomic mass is 32.2. The van der Waals surface area contributed by atoms with Crippen molar-refractivity contribution in [2.24, 2.45) is 17.2 Å². The number of aryl methyl sites for hydroxylation is 1. The molecule has 0 spiro atoms. The van der Waals surface area contributed by atoms with E-state index in [-0.39, 0.29) is 12.4 Å². The molecule has 2 atom stereocenters. The van der Waals surface area contributed by atoms with Crippen LogP contribution in [0.2, 0.25) is 0 Å². The highest BCUT2D eigenvalue weighted by Crippen LogP contribution is 2.17. The molecule has 0 aliphatic heterocycles. The van der Waals surface area contributed by atoms with Crippen molar-refractivity contribution in [1.82, 2.24) is 0 Å². The van der Waals surface area contributed by atoms with E-state index in [1.165, 1.54) is 7.11 Å². The van der Waals surface area contributed by atoms with Gasteiger partial charge in [0.15, 0.2) is 0 Å². The summed E-state index contributed by atoms with van der Waals surface area (Å²) in [6.45, 7) is 1.28. The number of carbonyl (C=O) groups excluding carboxylic acids is 1. The van der Waals surface area contributed by atoms with Gasteiger partial charge in [-0.25, -0.2) is 0 Å². The SMILES string of the molecule is CO[C@@H](Cc1ccc(NCCCc2cccc(OS(C)(=O)=O)c2)cc1)C(=O)[O-].NC(N)=[NH+]CCCC(N)C(=O)O. The minimum absolute atomic E-state index is 0.138. The Labute approximate surface area is 234 Å². The van der Waals surface area contributed by atoms with Crippen LogP contribution in [0.15, 0.2) is 48.5 Å². The first-order valence-corrected chi connectivity index (χ1v) is 14.3. The summed E-state index contributed by atoms with van der Waals surface area (Å²) in [4.78, 5) is 23.8. The van der Waals surface area contributed by atoms with Crippen molar-refractivity contribution in [3.05, 3.63) is 59.7 Å². The molecule has 0 aromatic heterocycles. The number of hydrogen-bond acceptors (Lipinski definition) is 9. The number of nitrogens with two attached hydrogens (primary N) is 3. The smallest absolute Gasteiger partial charge is 0.338 e. The van der Waals surface area contributed by atoms with Gasteiger partial charge in [-0.05, 0) is 61.1 Å². The van der Waals surface area contributed by atoms with Gasteiger partial charge in [-0.2, -0.15) is 8.42 Å². The monoisotopic (exact) mass is 581 g/mol. The second kappa shape index (κ2) is 17.7. The maximum absolute atomic E-state index is 11.2. The van der Waals surface area contributed by atoms with Gasteiger partial charge in [0, 0.05) is 25.8 Å². The van der Waals surface area contributed by atoms with Crippen molar-refractivity contribution in [3.8, 4) is 5.75 Å². The number of methoxy groups -OCH3 is 1. The maximum Gasteiger partial charge on any atom is 0.338 e. The molecule has 0 fully saturated rings. The molecule has 0 heterocycles. The summed E-state index contributed by atoms with van der Waals surface area (Å²) >= 11 is 0. The van der Waals surface area contributed by atoms with Gasteiger partial charge in [-0.15, -0.1) is 0 Å². The zero-order chi connectivity index (χ0) is 30.1. The van der Waals surface area contributed by atoms with Gasteiger partial charge in [0.25, 0.3) is 0 Å². The van der Waals surface area contributed by atoms with E-state index in [0.717, 1.165) is 42.5 Å². The third kappa shape index (κ3) is 15.5. The van der Waals surface area contributed by atoms with E-state index in [2.05, 4.69) is 10.3 Å². The maximum atomic E-state index is 11.2. The lowest BCUT2D eigenvalue weighted by molar-refractivity contribution is -0.459. The number of aliphatic carboxylic acids is 2. The number of guanidine groups is 1. The van der Waals surface area contributed by atoms with Gasteiger partial charge >= 0.3 is 22.0 Å². The lowest BCUT2D eigenvalue weighted by Crippen LogP contribution is -2.78. The van der Waals surface area contributed by atoms with Crippen LogP contribution in [0.25, 0.3) is 0 Å². The van der Waals surface area contributed by atoms with Crippen molar-refractivity contribution in [2.75, 3.05) is 31.8 Å². The number of carboxylic acids is 2. The summed E-state index contributed by atoms with van der Waals surface area (Å²) in [6, 6.07) is 13.7. The molecule has 222 valence electrons. The van der Waals surface area contributed by atoms with E-state index in [9.17, 15) is 23.1 Å². The third-order valence-electron chi connectivity index (χ3n) is 5.38. The molecule has 0 saturated heterocycles. The predicted molar refractivity (Wildman–Crippen MR) is 149 cm³/mol. The van der Waals surface area contributed by atoms with Gasteiger partial charge in [-0.3, -0.25) is 21.3 Å². The molecule has 9 N–H and O–H groups in total. The van der Waals surface area contributed by atoms with E-state index in [1.807, 2.05) is 30.3 Å². The first kappa shape index (κ1) is 34.1. The number of rotatable bonds is 16. The summed E-state index contributed by atoms with van der Waals surface area (Å²) in [6.07, 6.45) is 2.98. The molecular formula is C26H39N5O8S. The van der Waals surface area contributed by atoms with Crippen molar-refractivity contribution >= 4 is 33.7 Å². The molecule has 40 heavy (non-hydrogen) atoms. The normalized spacial score (nSPS) is 12.3. The van der Waals surface area contributed by atoms with Gasteiger partial charge in [0.1, 0.15) is 17.9 Å². The Morgan fingerprint density at radius 3 is 2.33 bits per heavy atom. The molecule has 0 saturated carbocycles. The summed E-state index contributed by atoms with van der Waals surface area (Å²) in [5.74, 6) is -1.76. The van der Waals surface area contributed by atoms with Crippen molar-refractivity contribution in [3.63, 3.8) is 0 Å². The average molecular weight is 582 g/mol. The Kier molecular flexibility index (Phi) is 15.1. The van der Waals surface area contributed by atoms with Crippen molar-refractivity contribution in [2.45, 2.75) is 44.2 Å². The molecule has 0 aliphatic carbocycles. The van der Waals surface area contributed by atoms with Crippen LogP contribution in [0.1, 0.15) is 30.4 Å². The van der Waals surface area contributed by atoms with E-state index < -0.39 is 34.2 Å². The number of carbonyl (C=O) groups is 2. The lowest BCUT2D eigenvalue weighted by Gasteiger charge is -2.16. The van der Waals surface area contributed by atoms with Crippen molar-refractivity contribution < 1.29 is 42.1 Å². The van der Waals surface area contributed by atoms with Gasteiger partial charge < -0.3 is 35.0 Å². The molecule has 0 aliphatic rings. The lowest BCUT2D eigenvalue weighted by atomic mass is 10.1. The van der Waals surface area contributed by atoms with Crippen LogP contribution < -0.4 is 36.8 Å². The largest absolute Gasteiger partial charge is 0.547 e. The van der Waals surface area contributed by atoms with Crippen LogP contribution in [0.4, 0.5) is 5.69 Å². The fraction of sp³-hybridized carbons (Fsp3) is 0.423. The van der Waals surface area contributed by atoms with E-state index in [4.69, 9.17) is 31.2 Å². The molecule has 1 unspecified atom stereocenters. The van der Waals surface area contributed by atoms with Gasteiger partial charge in [0.05, 0.1) is 18.8 Å². The van der Waals surface area contributed by atoms with Gasteiger partial charge in [0.2, 0.25) is 0 Å². The molecule has 13 nitrogen and oxygen atoms in total. The number of benzene rings is 2. The average Bonchev–Trinajstić information content (AvgIpc) is 2.87. The molecule has 0 radical (unpaired) electrons. The van der Waals surface area contributed by atoms with Crippen LogP contribution in [0, 0.1) is 0 Å². The summed E-state index contributed by atoms with van der Waals surface area (Å²) in [5.41, 5.74) is 18.2. The first-order chi connectivity index (χ1) is 18.8. The van der Waals surface area contributed by atoms with Crippen molar-refractivity contribution in [1.29, 1.82) is 0 Å². The Hall–Kier alpha value is -3.88. The molecule has 2 rings (SSSR count). The number of anilines is 1. The first-order valence-electron chi connectivity index (χ1n) is 12.5. The second-order valence-corrected chi connectivity index (χ2v) is 10.5. The fourth-order valence-corrected chi connectivity index (χ4v) is 3.82.